The molecule has 3 aliphatic rings. The monoisotopic (exact) mass is 602 g/mol. The van der Waals surface area contributed by atoms with Gasteiger partial charge in [0.05, 0.1) is 70.2 Å². The van der Waals surface area contributed by atoms with E-state index in [2.05, 4.69) is 0 Å². The molecule has 0 unspecified atom stereocenters. The average molecular weight is 603 g/mol. The zero-order chi connectivity index (χ0) is 31.5. The van der Waals surface area contributed by atoms with E-state index in [1.54, 1.807) is 25.3 Å². The van der Waals surface area contributed by atoms with Crippen molar-refractivity contribution in [3.05, 3.63) is 52.1 Å². The molecule has 0 aliphatic heterocycles. The highest BCUT2D eigenvalue weighted by molar-refractivity contribution is 6.23. The van der Waals surface area contributed by atoms with Gasteiger partial charge in [0, 0.05) is 41.0 Å². The molecule has 10 nitrogen and oxygen atoms in total. The molecule has 0 saturated heterocycles. The van der Waals surface area contributed by atoms with Gasteiger partial charge in [0.15, 0.2) is 17.3 Å². The first-order valence-electron chi connectivity index (χ1n) is 14.4. The van der Waals surface area contributed by atoms with Crippen molar-refractivity contribution in [2.45, 2.75) is 32.1 Å². The van der Waals surface area contributed by atoms with Gasteiger partial charge in [0.2, 0.25) is 0 Å². The normalized spacial score (nSPS) is 21.0. The van der Waals surface area contributed by atoms with Crippen LogP contribution in [0.5, 0.6) is 34.5 Å². The van der Waals surface area contributed by atoms with Crippen molar-refractivity contribution in [2.24, 2.45) is 11.3 Å². The number of ketones is 3. The number of carbonyl (C=O) groups is 3. The van der Waals surface area contributed by atoms with Gasteiger partial charge in [-0.2, -0.15) is 0 Å². The Balaban J connectivity index is 1.64. The maximum Gasteiger partial charge on any atom is 0.175 e. The third-order valence-electron chi connectivity index (χ3n) is 9.41. The highest BCUT2D eigenvalue weighted by atomic mass is 16.5. The molecule has 1 saturated carbocycles. The lowest BCUT2D eigenvalue weighted by Crippen LogP contribution is -2.51. The summed E-state index contributed by atoms with van der Waals surface area (Å²) in [5.74, 6) is -0.177. The molecule has 2 atom stereocenters. The third kappa shape index (κ3) is 3.82. The molecule has 1 N–H and O–H groups in total. The van der Waals surface area contributed by atoms with Crippen molar-refractivity contribution in [1.82, 2.24) is 0 Å². The van der Waals surface area contributed by atoms with Gasteiger partial charge in [-0.05, 0) is 37.8 Å². The van der Waals surface area contributed by atoms with E-state index in [0.29, 0.717) is 52.2 Å². The lowest BCUT2D eigenvalue weighted by molar-refractivity contribution is -0.118. The van der Waals surface area contributed by atoms with E-state index < -0.39 is 17.1 Å². The van der Waals surface area contributed by atoms with Crippen LogP contribution in [0.15, 0.2) is 29.8 Å². The quantitative estimate of drug-likeness (QED) is 0.368. The number of hydrogen-bond acceptors (Lipinski definition) is 10. The number of ether oxygens (including phenoxy) is 6. The van der Waals surface area contributed by atoms with E-state index in [1.807, 2.05) is 0 Å². The fourth-order valence-corrected chi connectivity index (χ4v) is 7.58. The number of aliphatic hydroxyl groups excluding tert-OH is 1. The maximum atomic E-state index is 14.9. The summed E-state index contributed by atoms with van der Waals surface area (Å²) < 4.78 is 34.0. The third-order valence-corrected chi connectivity index (χ3v) is 9.41. The first-order valence-corrected chi connectivity index (χ1v) is 14.4. The molecular formula is C34H34O10. The van der Waals surface area contributed by atoms with Crippen molar-refractivity contribution in [1.29, 1.82) is 0 Å². The summed E-state index contributed by atoms with van der Waals surface area (Å²) in [5.41, 5.74) is -0.436. The molecular weight excluding hydrogens is 568 g/mol. The van der Waals surface area contributed by atoms with Gasteiger partial charge >= 0.3 is 0 Å². The number of methoxy groups -OCH3 is 6. The van der Waals surface area contributed by atoms with Crippen LogP contribution in [-0.2, 0) is 11.2 Å². The van der Waals surface area contributed by atoms with E-state index in [-0.39, 0.29) is 70.4 Å². The Kier molecular flexibility index (Phi) is 7.18. The molecule has 10 heteroatoms. The molecule has 44 heavy (non-hydrogen) atoms. The smallest absolute Gasteiger partial charge is 0.175 e. The molecule has 0 heterocycles. The molecule has 0 spiro atoms. The molecule has 6 rings (SSSR count). The van der Waals surface area contributed by atoms with Crippen LogP contribution < -0.4 is 28.4 Å². The van der Waals surface area contributed by atoms with Gasteiger partial charge in [-0.3, -0.25) is 14.4 Å². The Bertz CT molecular complexity index is 1790. The number of fused-ring (bicyclic) bond motifs is 4. The first kappa shape index (κ1) is 29.3. The zero-order valence-electron chi connectivity index (χ0n) is 25.5. The minimum atomic E-state index is -1.59. The number of rotatable bonds is 7. The van der Waals surface area contributed by atoms with Gasteiger partial charge in [-0.25, -0.2) is 0 Å². The predicted molar refractivity (Wildman–Crippen MR) is 161 cm³/mol. The van der Waals surface area contributed by atoms with Crippen molar-refractivity contribution in [3.8, 4) is 34.5 Å². The van der Waals surface area contributed by atoms with Gasteiger partial charge in [0.1, 0.15) is 40.3 Å². The van der Waals surface area contributed by atoms with Crippen LogP contribution in [0.3, 0.4) is 0 Å². The summed E-state index contributed by atoms with van der Waals surface area (Å²) in [6.45, 7) is 0. The van der Waals surface area contributed by atoms with E-state index in [0.717, 1.165) is 0 Å². The van der Waals surface area contributed by atoms with E-state index >= 15 is 0 Å². The molecule has 3 aromatic rings. The Labute approximate surface area is 254 Å². The van der Waals surface area contributed by atoms with Crippen LogP contribution in [0.4, 0.5) is 0 Å². The number of carbonyl (C=O) groups excluding carboxylic acids is 3. The Morgan fingerprint density at radius 3 is 2.05 bits per heavy atom. The number of aliphatic hydroxyl groups is 1. The molecule has 3 aliphatic carbocycles. The number of Topliss-reactive ketones (excluding diaryl/α,β-unsaturated/α-hetero) is 3. The summed E-state index contributed by atoms with van der Waals surface area (Å²) >= 11 is 0. The van der Waals surface area contributed by atoms with Gasteiger partial charge in [0.25, 0.3) is 0 Å². The fourth-order valence-electron chi connectivity index (χ4n) is 7.58. The summed E-state index contributed by atoms with van der Waals surface area (Å²) in [6, 6.07) is 6.58. The first-order chi connectivity index (χ1) is 21.2. The summed E-state index contributed by atoms with van der Waals surface area (Å²) in [4.78, 5) is 43.3. The van der Waals surface area contributed by atoms with Crippen LogP contribution in [0.1, 0.15) is 57.5 Å². The predicted octanol–water partition coefficient (Wildman–Crippen LogP) is 5.54. The SMILES string of the molecule is COc1cc(OC)c2c(c1)C(=O)[C@]1([C@H]3CCc4c(c(OC)c5c(OC)cc(OC)cc5c4OC)C3=O)CCCC(=O)C1=C2O. The van der Waals surface area contributed by atoms with Gasteiger partial charge in [-0.15, -0.1) is 0 Å². The second-order valence-electron chi connectivity index (χ2n) is 11.2. The summed E-state index contributed by atoms with van der Waals surface area (Å²) in [7, 11) is 8.94. The summed E-state index contributed by atoms with van der Waals surface area (Å²) in [5, 5.41) is 12.9. The Morgan fingerprint density at radius 1 is 0.750 bits per heavy atom. The topological polar surface area (TPSA) is 127 Å². The fraction of sp³-hybridized carbons (Fsp3) is 0.382. The second kappa shape index (κ2) is 10.8. The van der Waals surface area contributed by atoms with Gasteiger partial charge in [-0.1, -0.05) is 0 Å². The molecule has 0 amide bonds. The standard InChI is InChI=1S/C34H34O10/c1-39-16-12-19-26(24(15-16)42-4)32(44-6)27-18(31(19)43-5)9-10-21(29(27)36)34-11-7-8-22(35)28(34)30(37)25-20(33(34)38)13-17(40-2)14-23(25)41-3/h12-15,21,37H,7-11H2,1-6H3/t21-,34-/m0/s1. The largest absolute Gasteiger partial charge is 0.507 e. The van der Waals surface area contributed by atoms with Gasteiger partial charge < -0.3 is 33.5 Å². The molecule has 0 bridgehead atoms. The van der Waals surface area contributed by atoms with E-state index in [4.69, 9.17) is 28.4 Å². The molecule has 0 radical (unpaired) electrons. The second-order valence-corrected chi connectivity index (χ2v) is 11.2. The van der Waals surface area contributed by atoms with Crippen LogP contribution in [-0.4, -0.2) is 65.1 Å². The minimum Gasteiger partial charge on any atom is -0.507 e. The number of allylic oxidation sites excluding steroid dienone is 1. The van der Waals surface area contributed by atoms with Crippen LogP contribution in [0, 0.1) is 11.3 Å². The lowest BCUT2D eigenvalue weighted by atomic mass is 9.53. The lowest BCUT2D eigenvalue weighted by Gasteiger charge is -2.47. The van der Waals surface area contributed by atoms with Crippen molar-refractivity contribution in [3.63, 3.8) is 0 Å². The van der Waals surface area contributed by atoms with Crippen molar-refractivity contribution < 1.29 is 47.9 Å². The minimum absolute atomic E-state index is 0.0273. The van der Waals surface area contributed by atoms with E-state index in [9.17, 15) is 19.5 Å². The van der Waals surface area contributed by atoms with Crippen molar-refractivity contribution in [2.75, 3.05) is 42.7 Å². The molecule has 1 fully saturated rings. The number of hydrogen-bond donors (Lipinski definition) is 1. The number of benzene rings is 3. The maximum absolute atomic E-state index is 14.9. The average Bonchev–Trinajstić information content (AvgIpc) is 3.04. The highest BCUT2D eigenvalue weighted by Gasteiger charge is 2.60. The molecule has 0 aromatic heterocycles. The van der Waals surface area contributed by atoms with Crippen LogP contribution >= 0.6 is 0 Å². The van der Waals surface area contributed by atoms with Crippen LogP contribution in [0.25, 0.3) is 16.5 Å². The zero-order valence-corrected chi connectivity index (χ0v) is 25.5. The van der Waals surface area contributed by atoms with E-state index in [1.165, 1.54) is 41.6 Å². The molecule has 3 aromatic carbocycles. The van der Waals surface area contributed by atoms with Crippen LogP contribution in [0.2, 0.25) is 0 Å². The summed E-state index contributed by atoms with van der Waals surface area (Å²) in [6.07, 6.45) is 1.35. The Morgan fingerprint density at radius 2 is 1.41 bits per heavy atom. The Hall–Kier alpha value is -4.73. The highest BCUT2D eigenvalue weighted by Crippen LogP contribution is 2.59. The van der Waals surface area contributed by atoms with Crippen molar-refractivity contribution >= 4 is 33.9 Å². The molecule has 230 valence electrons.